The molecule has 0 amide bonds. The first kappa shape index (κ1) is 16.4. The van der Waals surface area contributed by atoms with Crippen molar-refractivity contribution in [3.63, 3.8) is 0 Å². The van der Waals surface area contributed by atoms with Crippen LogP contribution in [0.4, 0.5) is 5.69 Å². The minimum absolute atomic E-state index is 0.0115. The fourth-order valence-electron chi connectivity index (χ4n) is 3.36. The van der Waals surface area contributed by atoms with Gasteiger partial charge in [0.25, 0.3) is 0 Å². The topological polar surface area (TPSA) is 49.8 Å². The number of carbonyl (C=O) groups is 1. The Labute approximate surface area is 132 Å². The van der Waals surface area contributed by atoms with E-state index in [0.29, 0.717) is 0 Å². The van der Waals surface area contributed by atoms with Gasteiger partial charge < -0.3 is 14.7 Å². The Morgan fingerprint density at radius 2 is 1.95 bits per heavy atom. The molecule has 4 heteroatoms. The highest BCUT2D eigenvalue weighted by molar-refractivity contribution is 5.87. The molecule has 1 aromatic carbocycles. The largest absolute Gasteiger partial charge is 0.497 e. The van der Waals surface area contributed by atoms with E-state index in [1.165, 1.54) is 0 Å². The van der Waals surface area contributed by atoms with Gasteiger partial charge in [-0.1, -0.05) is 19.9 Å². The lowest BCUT2D eigenvalue weighted by Gasteiger charge is -2.47. The molecule has 1 N–H and O–H groups in total. The fourth-order valence-corrected chi connectivity index (χ4v) is 3.36. The molecule has 2 rings (SSSR count). The summed E-state index contributed by atoms with van der Waals surface area (Å²) in [7, 11) is 1.62. The van der Waals surface area contributed by atoms with Crippen LogP contribution in [0, 0.1) is 5.92 Å². The van der Waals surface area contributed by atoms with Crippen molar-refractivity contribution in [2.45, 2.75) is 46.2 Å². The number of carboxylic acids is 1. The van der Waals surface area contributed by atoms with E-state index in [4.69, 9.17) is 4.74 Å². The summed E-state index contributed by atoms with van der Waals surface area (Å²) in [6.07, 6.45) is 2.14. The van der Waals surface area contributed by atoms with E-state index in [0.717, 1.165) is 22.6 Å². The molecule has 0 radical (unpaired) electrons. The zero-order valence-electron chi connectivity index (χ0n) is 14.2. The number of aliphatic carboxylic acids is 1. The molecule has 1 aliphatic heterocycles. The van der Waals surface area contributed by atoms with E-state index in [1.807, 2.05) is 36.9 Å². The van der Waals surface area contributed by atoms with Crippen molar-refractivity contribution in [3.8, 4) is 5.75 Å². The van der Waals surface area contributed by atoms with Gasteiger partial charge in [-0.25, -0.2) is 4.79 Å². The molecule has 1 heterocycles. The van der Waals surface area contributed by atoms with Crippen LogP contribution in [-0.2, 0) is 4.79 Å². The lowest BCUT2D eigenvalue weighted by atomic mass is 9.85. The van der Waals surface area contributed by atoms with Gasteiger partial charge in [-0.3, -0.25) is 0 Å². The smallest absolute Gasteiger partial charge is 0.326 e. The van der Waals surface area contributed by atoms with Gasteiger partial charge in [-0.15, -0.1) is 0 Å². The van der Waals surface area contributed by atoms with Crippen LogP contribution in [0.5, 0.6) is 5.75 Å². The summed E-state index contributed by atoms with van der Waals surface area (Å²) >= 11 is 0. The van der Waals surface area contributed by atoms with Crippen molar-refractivity contribution in [2.75, 3.05) is 12.0 Å². The molecule has 1 aromatic rings. The lowest BCUT2D eigenvalue weighted by molar-refractivity contribution is -0.140. The van der Waals surface area contributed by atoms with Crippen LogP contribution in [0.25, 0.3) is 5.57 Å². The number of hydrogen-bond acceptors (Lipinski definition) is 3. The predicted octanol–water partition coefficient (Wildman–Crippen LogP) is 3.81. The number of fused-ring (bicyclic) bond motifs is 1. The van der Waals surface area contributed by atoms with Crippen molar-refractivity contribution in [2.24, 2.45) is 5.92 Å². The Hall–Kier alpha value is -1.97. The second kappa shape index (κ2) is 5.67. The maximum absolute atomic E-state index is 11.9. The van der Waals surface area contributed by atoms with Crippen molar-refractivity contribution < 1.29 is 14.6 Å². The third kappa shape index (κ3) is 2.70. The highest BCUT2D eigenvalue weighted by Gasteiger charge is 2.40. The van der Waals surface area contributed by atoms with Crippen molar-refractivity contribution in [1.82, 2.24) is 0 Å². The number of benzene rings is 1. The third-order valence-corrected chi connectivity index (χ3v) is 4.24. The first-order valence-electron chi connectivity index (χ1n) is 7.59. The number of nitrogens with zero attached hydrogens (tertiary/aromatic N) is 1. The Balaban J connectivity index is 2.69. The van der Waals surface area contributed by atoms with E-state index in [-0.39, 0.29) is 11.5 Å². The zero-order valence-corrected chi connectivity index (χ0v) is 14.2. The molecule has 1 aliphatic rings. The number of anilines is 1. The molecule has 4 nitrogen and oxygen atoms in total. The Kier molecular flexibility index (Phi) is 4.23. The monoisotopic (exact) mass is 303 g/mol. The Bertz CT molecular complexity index is 617. The molecule has 0 aromatic heterocycles. The molecule has 0 saturated heterocycles. The van der Waals surface area contributed by atoms with Gasteiger partial charge in [0.1, 0.15) is 11.8 Å². The SMILES string of the molecule is COc1ccc2c(c1)N([C@H](C(=O)O)C(C)C)C(C)(C)C=C2C. The van der Waals surface area contributed by atoms with E-state index in [2.05, 4.69) is 26.8 Å². The predicted molar refractivity (Wildman–Crippen MR) is 89.5 cm³/mol. The van der Waals surface area contributed by atoms with Gasteiger partial charge in [0.05, 0.1) is 12.6 Å². The summed E-state index contributed by atoms with van der Waals surface area (Å²) in [4.78, 5) is 13.9. The van der Waals surface area contributed by atoms with Crippen LogP contribution in [0.2, 0.25) is 0 Å². The summed E-state index contributed by atoms with van der Waals surface area (Å²) in [5.74, 6) is -0.0745. The van der Waals surface area contributed by atoms with Crippen LogP contribution < -0.4 is 9.64 Å². The highest BCUT2D eigenvalue weighted by atomic mass is 16.5. The summed E-state index contributed by atoms with van der Waals surface area (Å²) in [6.45, 7) is 10.1. The lowest BCUT2D eigenvalue weighted by Crippen LogP contribution is -2.56. The Morgan fingerprint density at radius 1 is 1.32 bits per heavy atom. The van der Waals surface area contributed by atoms with Gasteiger partial charge in [-0.2, -0.15) is 0 Å². The number of carboxylic acid groups (broad SMARTS) is 1. The van der Waals surface area contributed by atoms with Crippen molar-refractivity contribution >= 4 is 17.2 Å². The molecule has 0 unspecified atom stereocenters. The first-order valence-corrected chi connectivity index (χ1v) is 7.59. The van der Waals surface area contributed by atoms with Crippen LogP contribution in [0.3, 0.4) is 0 Å². The Morgan fingerprint density at radius 3 is 2.45 bits per heavy atom. The van der Waals surface area contributed by atoms with E-state index >= 15 is 0 Å². The maximum Gasteiger partial charge on any atom is 0.326 e. The van der Waals surface area contributed by atoms with Crippen molar-refractivity contribution in [1.29, 1.82) is 0 Å². The minimum Gasteiger partial charge on any atom is -0.497 e. The number of rotatable bonds is 4. The summed E-state index contributed by atoms with van der Waals surface area (Å²) in [5, 5.41) is 9.75. The van der Waals surface area contributed by atoms with E-state index < -0.39 is 12.0 Å². The number of allylic oxidation sites excluding steroid dienone is 1. The van der Waals surface area contributed by atoms with Crippen LogP contribution >= 0.6 is 0 Å². The molecule has 22 heavy (non-hydrogen) atoms. The number of methoxy groups -OCH3 is 1. The molecule has 0 aliphatic carbocycles. The minimum atomic E-state index is -0.801. The van der Waals surface area contributed by atoms with Crippen LogP contribution in [0.1, 0.15) is 40.2 Å². The zero-order chi connectivity index (χ0) is 16.7. The molecule has 1 atom stereocenters. The molecule has 0 bridgehead atoms. The summed E-state index contributed by atoms with van der Waals surface area (Å²) in [6, 6.07) is 5.26. The van der Waals surface area contributed by atoms with Gasteiger partial charge in [0, 0.05) is 17.3 Å². The molecular formula is C18H25NO3. The van der Waals surface area contributed by atoms with Crippen LogP contribution in [-0.4, -0.2) is 29.8 Å². The second-order valence-corrected chi connectivity index (χ2v) is 6.76. The standard InChI is InChI=1S/C18H25NO3/c1-11(2)16(17(20)21)19-15-9-13(22-6)7-8-14(15)12(3)10-18(19,4)5/h7-11,16H,1-6H3,(H,20,21)/t16-/m0/s1. The maximum atomic E-state index is 11.9. The van der Waals surface area contributed by atoms with E-state index in [9.17, 15) is 9.90 Å². The molecule has 0 spiro atoms. The van der Waals surface area contributed by atoms with Gasteiger partial charge >= 0.3 is 5.97 Å². The second-order valence-electron chi connectivity index (χ2n) is 6.76. The number of hydrogen-bond donors (Lipinski definition) is 1. The molecule has 0 fully saturated rings. The molecule has 120 valence electrons. The number of ether oxygens (including phenoxy) is 1. The van der Waals surface area contributed by atoms with Crippen LogP contribution in [0.15, 0.2) is 24.3 Å². The van der Waals surface area contributed by atoms with Gasteiger partial charge in [-0.05, 0) is 44.4 Å². The van der Waals surface area contributed by atoms with Gasteiger partial charge in [0.15, 0.2) is 0 Å². The highest BCUT2D eigenvalue weighted by Crippen LogP contribution is 2.42. The summed E-state index contributed by atoms with van der Waals surface area (Å²) in [5.41, 5.74) is 2.76. The molecular weight excluding hydrogens is 278 g/mol. The fraction of sp³-hybridized carbons (Fsp3) is 0.500. The van der Waals surface area contributed by atoms with E-state index in [1.54, 1.807) is 7.11 Å². The first-order chi connectivity index (χ1) is 10.2. The van der Waals surface area contributed by atoms with Gasteiger partial charge in [0.2, 0.25) is 0 Å². The quantitative estimate of drug-likeness (QED) is 0.919. The van der Waals surface area contributed by atoms with Crippen molar-refractivity contribution in [3.05, 3.63) is 29.8 Å². The summed E-state index contributed by atoms with van der Waals surface area (Å²) < 4.78 is 5.34. The average Bonchev–Trinajstić information content (AvgIpc) is 2.41. The third-order valence-electron chi connectivity index (χ3n) is 4.24. The normalized spacial score (nSPS) is 17.8. The average molecular weight is 303 g/mol. The molecule has 0 saturated carbocycles.